The number of nitrogens with zero attached hydrogens (tertiary/aromatic N) is 2. The average Bonchev–Trinajstić information content (AvgIpc) is 2.42. The van der Waals surface area contributed by atoms with Crippen LogP contribution in [0.5, 0.6) is 0 Å². The van der Waals surface area contributed by atoms with Crippen molar-refractivity contribution in [3.8, 4) is 0 Å². The van der Waals surface area contributed by atoms with Crippen LogP contribution in [0.3, 0.4) is 0 Å². The number of rotatable bonds is 2. The van der Waals surface area contributed by atoms with Crippen molar-refractivity contribution < 1.29 is 4.39 Å². The second-order valence-electron chi connectivity index (χ2n) is 4.44. The summed E-state index contributed by atoms with van der Waals surface area (Å²) in [5.74, 6) is -0.285. The molecule has 1 aromatic carbocycles. The summed E-state index contributed by atoms with van der Waals surface area (Å²) in [6.45, 7) is 1.86. The highest BCUT2D eigenvalue weighted by molar-refractivity contribution is 9.10. The highest BCUT2D eigenvalue weighted by atomic mass is 79.9. The predicted molar refractivity (Wildman–Crippen MR) is 81.7 cm³/mol. The highest BCUT2D eigenvalue weighted by Gasteiger charge is 2.09. The molecule has 5 heteroatoms. The van der Waals surface area contributed by atoms with E-state index in [4.69, 9.17) is 0 Å². The van der Waals surface area contributed by atoms with Gasteiger partial charge in [-0.2, -0.15) is 0 Å². The van der Waals surface area contributed by atoms with Crippen LogP contribution < -0.4 is 5.32 Å². The molecule has 3 nitrogen and oxygen atoms in total. The van der Waals surface area contributed by atoms with Crippen molar-refractivity contribution in [2.24, 2.45) is 0 Å². The Kier molecular flexibility index (Phi) is 3.36. The number of para-hydroxylation sites is 1. The lowest BCUT2D eigenvalue weighted by atomic mass is 10.2. The molecular weight excluding hydrogens is 321 g/mol. The second kappa shape index (κ2) is 5.17. The molecular formula is C15H11BrFN3. The summed E-state index contributed by atoms with van der Waals surface area (Å²) < 4.78 is 14.8. The van der Waals surface area contributed by atoms with E-state index in [2.05, 4.69) is 31.2 Å². The summed E-state index contributed by atoms with van der Waals surface area (Å²) in [5.41, 5.74) is 3.49. The summed E-state index contributed by atoms with van der Waals surface area (Å²) in [5, 5.41) is 3.11. The van der Waals surface area contributed by atoms with Crippen LogP contribution in [0.15, 0.2) is 47.2 Å². The van der Waals surface area contributed by atoms with E-state index in [-0.39, 0.29) is 5.82 Å². The zero-order chi connectivity index (χ0) is 14.1. The van der Waals surface area contributed by atoms with Crippen LogP contribution in [0.4, 0.5) is 15.8 Å². The number of benzene rings is 1. The number of hydrogen-bond donors (Lipinski definition) is 1. The predicted octanol–water partition coefficient (Wildman–Crippen LogP) is 4.58. The van der Waals surface area contributed by atoms with Gasteiger partial charge in [0.15, 0.2) is 0 Å². The number of aryl methyl sites for hydroxylation is 1. The molecule has 0 unspecified atom stereocenters. The lowest BCUT2D eigenvalue weighted by molar-refractivity contribution is 0.631. The Balaban J connectivity index is 2.11. The van der Waals surface area contributed by atoms with Crippen molar-refractivity contribution in [2.45, 2.75) is 6.92 Å². The Morgan fingerprint density at radius 1 is 1.20 bits per heavy atom. The topological polar surface area (TPSA) is 37.8 Å². The van der Waals surface area contributed by atoms with E-state index in [1.807, 2.05) is 19.1 Å². The zero-order valence-electron chi connectivity index (χ0n) is 10.7. The molecule has 3 aromatic rings. The molecule has 0 aliphatic rings. The smallest absolute Gasteiger partial charge is 0.146 e. The van der Waals surface area contributed by atoms with E-state index in [1.54, 1.807) is 24.5 Å². The van der Waals surface area contributed by atoms with Gasteiger partial charge in [-0.15, -0.1) is 0 Å². The van der Waals surface area contributed by atoms with Crippen LogP contribution in [0.2, 0.25) is 0 Å². The fourth-order valence-corrected chi connectivity index (χ4v) is 2.35. The number of aromatic nitrogens is 2. The highest BCUT2D eigenvalue weighted by Crippen LogP contribution is 2.28. The second-order valence-corrected chi connectivity index (χ2v) is 5.35. The zero-order valence-corrected chi connectivity index (χ0v) is 12.3. The minimum atomic E-state index is -0.285. The summed E-state index contributed by atoms with van der Waals surface area (Å²) in [6, 6.07) is 8.65. The van der Waals surface area contributed by atoms with Gasteiger partial charge < -0.3 is 5.32 Å². The summed E-state index contributed by atoms with van der Waals surface area (Å²) in [4.78, 5) is 8.60. The van der Waals surface area contributed by atoms with Crippen LogP contribution in [-0.4, -0.2) is 9.97 Å². The van der Waals surface area contributed by atoms with Crippen molar-refractivity contribution in [3.05, 3.63) is 58.6 Å². The number of hydrogen-bond acceptors (Lipinski definition) is 3. The molecule has 0 saturated heterocycles. The minimum absolute atomic E-state index is 0.285. The van der Waals surface area contributed by atoms with Gasteiger partial charge in [-0.25, -0.2) is 4.39 Å². The molecule has 0 spiro atoms. The molecule has 0 fully saturated rings. The van der Waals surface area contributed by atoms with Crippen molar-refractivity contribution in [2.75, 3.05) is 5.32 Å². The maximum Gasteiger partial charge on any atom is 0.146 e. The van der Waals surface area contributed by atoms with Crippen LogP contribution in [0.25, 0.3) is 11.0 Å². The fraction of sp³-hybridized carbons (Fsp3) is 0.0667. The molecule has 2 aromatic heterocycles. The van der Waals surface area contributed by atoms with E-state index in [1.165, 1.54) is 6.07 Å². The Hall–Kier alpha value is -2.01. The molecule has 20 heavy (non-hydrogen) atoms. The van der Waals surface area contributed by atoms with Gasteiger partial charge in [-0.1, -0.05) is 12.1 Å². The first-order valence-corrected chi connectivity index (χ1v) is 6.87. The van der Waals surface area contributed by atoms with Gasteiger partial charge in [-0.05, 0) is 46.6 Å². The van der Waals surface area contributed by atoms with Gasteiger partial charge >= 0.3 is 0 Å². The summed E-state index contributed by atoms with van der Waals surface area (Å²) in [7, 11) is 0. The van der Waals surface area contributed by atoms with Crippen molar-refractivity contribution >= 4 is 38.3 Å². The van der Waals surface area contributed by atoms with Gasteiger partial charge in [-0.3, -0.25) is 9.97 Å². The Morgan fingerprint density at radius 3 is 2.85 bits per heavy atom. The first-order valence-electron chi connectivity index (χ1n) is 6.07. The lowest BCUT2D eigenvalue weighted by Crippen LogP contribution is -1.98. The lowest BCUT2D eigenvalue weighted by Gasteiger charge is -2.12. The van der Waals surface area contributed by atoms with Crippen molar-refractivity contribution in [1.29, 1.82) is 0 Å². The van der Waals surface area contributed by atoms with Crippen LogP contribution in [0, 0.1) is 12.7 Å². The summed E-state index contributed by atoms with van der Waals surface area (Å²) in [6.07, 6.45) is 3.37. The maximum atomic E-state index is 13.9. The van der Waals surface area contributed by atoms with E-state index in [0.717, 1.165) is 21.2 Å². The third-order valence-electron chi connectivity index (χ3n) is 3.03. The van der Waals surface area contributed by atoms with E-state index in [0.29, 0.717) is 11.2 Å². The van der Waals surface area contributed by atoms with Crippen LogP contribution in [0.1, 0.15) is 5.56 Å². The number of fused-ring (bicyclic) bond motifs is 1. The SMILES string of the molecule is Cc1cccc(F)c1Nc1ccnc2cc(Br)cnc12. The van der Waals surface area contributed by atoms with Crippen molar-refractivity contribution in [3.63, 3.8) is 0 Å². The average molecular weight is 332 g/mol. The molecule has 100 valence electrons. The van der Waals surface area contributed by atoms with Gasteiger partial charge in [0.1, 0.15) is 11.3 Å². The first kappa shape index (κ1) is 13.0. The molecule has 0 saturated carbocycles. The monoisotopic (exact) mass is 331 g/mol. The van der Waals surface area contributed by atoms with E-state index >= 15 is 0 Å². The van der Waals surface area contributed by atoms with Crippen LogP contribution >= 0.6 is 15.9 Å². The third-order valence-corrected chi connectivity index (χ3v) is 3.46. The van der Waals surface area contributed by atoms with Gasteiger partial charge in [0, 0.05) is 16.9 Å². The number of nitrogens with one attached hydrogen (secondary N) is 1. The normalized spacial score (nSPS) is 10.8. The summed E-state index contributed by atoms with van der Waals surface area (Å²) >= 11 is 3.36. The van der Waals surface area contributed by atoms with Crippen LogP contribution in [-0.2, 0) is 0 Å². The molecule has 3 rings (SSSR count). The molecule has 0 radical (unpaired) electrons. The van der Waals surface area contributed by atoms with Crippen molar-refractivity contribution in [1.82, 2.24) is 9.97 Å². The fourth-order valence-electron chi connectivity index (χ4n) is 2.03. The number of pyridine rings is 2. The molecule has 0 atom stereocenters. The van der Waals surface area contributed by atoms with Gasteiger partial charge in [0.05, 0.1) is 16.9 Å². The van der Waals surface area contributed by atoms with Gasteiger partial charge in [0.2, 0.25) is 0 Å². The molecule has 1 N–H and O–H groups in total. The molecule has 0 aliphatic heterocycles. The maximum absolute atomic E-state index is 13.9. The largest absolute Gasteiger partial charge is 0.351 e. The van der Waals surface area contributed by atoms with Gasteiger partial charge in [0.25, 0.3) is 0 Å². The molecule has 0 bridgehead atoms. The first-order chi connectivity index (χ1) is 9.65. The molecule has 0 aliphatic carbocycles. The Bertz CT molecular complexity index is 769. The molecule has 2 heterocycles. The van der Waals surface area contributed by atoms with E-state index in [9.17, 15) is 4.39 Å². The number of anilines is 2. The minimum Gasteiger partial charge on any atom is -0.351 e. The number of halogens is 2. The standard InChI is InChI=1S/C15H11BrFN3/c1-9-3-2-4-11(17)14(9)20-12-5-6-18-13-7-10(16)8-19-15(12)13/h2-8H,1H3,(H,18,20). The Labute approximate surface area is 124 Å². The molecule has 0 amide bonds. The van der Waals surface area contributed by atoms with E-state index < -0.39 is 0 Å². The third kappa shape index (κ3) is 2.36. The Morgan fingerprint density at radius 2 is 2.05 bits per heavy atom. The quantitative estimate of drug-likeness (QED) is 0.746.